The Kier molecular flexibility index (Phi) is 4.42. The van der Waals surface area contributed by atoms with Crippen LogP contribution >= 0.6 is 11.8 Å². The van der Waals surface area contributed by atoms with Crippen LogP contribution in [0.15, 0.2) is 59.9 Å². The molecule has 3 aromatic rings. The van der Waals surface area contributed by atoms with E-state index in [4.69, 9.17) is 0 Å². The summed E-state index contributed by atoms with van der Waals surface area (Å²) >= 11 is 1.79. The minimum Gasteiger partial charge on any atom is -0.378 e. The SMILES string of the molecule is CN(C)c1cccc(C(=O)Nc2ccc(-c3cn4c(n3)SCC4)cc2)c1. The second-order valence-corrected chi connectivity index (χ2v) is 7.49. The molecule has 0 saturated carbocycles. The molecular weight excluding hydrogens is 344 g/mol. The third-order valence-corrected chi connectivity index (χ3v) is 5.34. The van der Waals surface area contributed by atoms with Crippen molar-refractivity contribution in [2.75, 3.05) is 30.1 Å². The number of nitrogens with zero attached hydrogens (tertiary/aromatic N) is 3. The first-order valence-electron chi connectivity index (χ1n) is 8.49. The average molecular weight is 364 g/mol. The largest absolute Gasteiger partial charge is 0.378 e. The van der Waals surface area contributed by atoms with Crippen molar-refractivity contribution in [1.29, 1.82) is 0 Å². The van der Waals surface area contributed by atoms with Gasteiger partial charge in [0.05, 0.1) is 5.69 Å². The number of amides is 1. The maximum Gasteiger partial charge on any atom is 0.255 e. The highest BCUT2D eigenvalue weighted by molar-refractivity contribution is 7.99. The number of imidazole rings is 1. The lowest BCUT2D eigenvalue weighted by atomic mass is 10.1. The molecule has 1 amide bonds. The molecule has 0 fully saturated rings. The number of benzene rings is 2. The van der Waals surface area contributed by atoms with Crippen molar-refractivity contribution in [3.8, 4) is 11.3 Å². The third kappa shape index (κ3) is 3.32. The van der Waals surface area contributed by atoms with Gasteiger partial charge in [0.15, 0.2) is 5.16 Å². The quantitative estimate of drug-likeness (QED) is 0.761. The van der Waals surface area contributed by atoms with Gasteiger partial charge in [0.25, 0.3) is 5.91 Å². The Morgan fingerprint density at radius 3 is 2.73 bits per heavy atom. The van der Waals surface area contributed by atoms with E-state index in [9.17, 15) is 4.79 Å². The van der Waals surface area contributed by atoms with Gasteiger partial charge in [-0.3, -0.25) is 4.79 Å². The fraction of sp³-hybridized carbons (Fsp3) is 0.200. The first-order chi connectivity index (χ1) is 12.6. The lowest BCUT2D eigenvalue weighted by molar-refractivity contribution is 0.102. The van der Waals surface area contributed by atoms with Crippen LogP contribution < -0.4 is 10.2 Å². The minimum atomic E-state index is -0.112. The van der Waals surface area contributed by atoms with Gasteiger partial charge in [-0.1, -0.05) is 30.0 Å². The molecule has 0 atom stereocenters. The molecule has 132 valence electrons. The predicted molar refractivity (Wildman–Crippen MR) is 107 cm³/mol. The highest BCUT2D eigenvalue weighted by atomic mass is 32.2. The van der Waals surface area contributed by atoms with E-state index in [-0.39, 0.29) is 5.91 Å². The number of carbonyl (C=O) groups is 1. The Labute approximate surface area is 157 Å². The summed E-state index contributed by atoms with van der Waals surface area (Å²) in [7, 11) is 3.92. The van der Waals surface area contributed by atoms with Gasteiger partial charge in [-0.25, -0.2) is 4.98 Å². The van der Waals surface area contributed by atoms with Crippen LogP contribution in [0.1, 0.15) is 10.4 Å². The molecule has 0 bridgehead atoms. The van der Waals surface area contributed by atoms with Gasteiger partial charge < -0.3 is 14.8 Å². The average Bonchev–Trinajstić information content (AvgIpc) is 3.24. The Morgan fingerprint density at radius 2 is 2.00 bits per heavy atom. The van der Waals surface area contributed by atoms with Crippen molar-refractivity contribution in [2.24, 2.45) is 0 Å². The van der Waals surface area contributed by atoms with E-state index >= 15 is 0 Å². The molecule has 0 aliphatic carbocycles. The summed E-state index contributed by atoms with van der Waals surface area (Å²) in [5.74, 6) is 0.988. The molecule has 1 N–H and O–H groups in total. The first-order valence-corrected chi connectivity index (χ1v) is 9.48. The molecule has 5 nitrogen and oxygen atoms in total. The van der Waals surface area contributed by atoms with E-state index in [1.54, 1.807) is 11.8 Å². The molecule has 0 saturated heterocycles. The van der Waals surface area contributed by atoms with Crippen molar-refractivity contribution >= 4 is 29.0 Å². The number of carbonyl (C=O) groups excluding carboxylic acids is 1. The Balaban J connectivity index is 1.48. The Hall–Kier alpha value is -2.73. The maximum absolute atomic E-state index is 12.5. The molecule has 4 rings (SSSR count). The predicted octanol–water partition coefficient (Wildman–Crippen LogP) is 3.97. The summed E-state index contributed by atoms with van der Waals surface area (Å²) in [5, 5.41) is 4.04. The summed E-state index contributed by atoms with van der Waals surface area (Å²) in [6.45, 7) is 1.02. The normalized spacial score (nSPS) is 12.7. The zero-order valence-electron chi connectivity index (χ0n) is 14.8. The standard InChI is InChI=1S/C20H20N4OS/c1-23(2)17-5-3-4-15(12-17)19(25)21-16-8-6-14(7-9-16)18-13-24-10-11-26-20(24)22-18/h3-9,12-13H,10-11H2,1-2H3,(H,21,25). The van der Waals surface area contributed by atoms with Gasteiger partial charge in [-0.15, -0.1) is 0 Å². The summed E-state index contributed by atoms with van der Waals surface area (Å²) in [6, 6.07) is 15.4. The number of fused-ring (bicyclic) bond motifs is 1. The molecule has 0 unspecified atom stereocenters. The molecule has 2 heterocycles. The van der Waals surface area contributed by atoms with Gasteiger partial charge in [-0.05, 0) is 30.3 Å². The highest BCUT2D eigenvalue weighted by Gasteiger charge is 2.15. The van der Waals surface area contributed by atoms with Crippen molar-refractivity contribution in [2.45, 2.75) is 11.7 Å². The minimum absolute atomic E-state index is 0.112. The van der Waals surface area contributed by atoms with Crippen molar-refractivity contribution < 1.29 is 4.79 Å². The molecule has 1 aromatic heterocycles. The molecule has 0 spiro atoms. The zero-order chi connectivity index (χ0) is 18.1. The second kappa shape index (κ2) is 6.88. The number of thioether (sulfide) groups is 1. The second-order valence-electron chi connectivity index (χ2n) is 6.43. The van der Waals surface area contributed by atoms with E-state index < -0.39 is 0 Å². The molecule has 26 heavy (non-hydrogen) atoms. The number of nitrogens with one attached hydrogen (secondary N) is 1. The summed E-state index contributed by atoms with van der Waals surface area (Å²) in [5.41, 5.74) is 4.44. The molecule has 1 aliphatic rings. The monoisotopic (exact) mass is 364 g/mol. The molecule has 6 heteroatoms. The summed E-state index contributed by atoms with van der Waals surface area (Å²) in [4.78, 5) is 19.1. The van der Waals surface area contributed by atoms with Crippen LogP contribution in [0.2, 0.25) is 0 Å². The van der Waals surface area contributed by atoms with Crippen molar-refractivity contribution in [3.63, 3.8) is 0 Å². The molecular formula is C20H20N4OS. The summed E-state index contributed by atoms with van der Waals surface area (Å²) in [6.07, 6.45) is 2.09. The van der Waals surface area contributed by atoms with E-state index in [2.05, 4.69) is 21.1 Å². The van der Waals surface area contributed by atoms with E-state index in [0.717, 1.165) is 40.1 Å². The fourth-order valence-electron chi connectivity index (χ4n) is 2.90. The lowest BCUT2D eigenvalue weighted by Gasteiger charge is -2.13. The van der Waals surface area contributed by atoms with Gasteiger partial charge in [0.2, 0.25) is 0 Å². The van der Waals surface area contributed by atoms with Crippen LogP contribution in [0, 0.1) is 0 Å². The van der Waals surface area contributed by atoms with Crippen molar-refractivity contribution in [3.05, 3.63) is 60.3 Å². The lowest BCUT2D eigenvalue weighted by Crippen LogP contribution is -2.14. The molecule has 2 aromatic carbocycles. The molecule has 0 radical (unpaired) electrons. The van der Waals surface area contributed by atoms with Crippen LogP contribution in [0.4, 0.5) is 11.4 Å². The number of anilines is 2. The topological polar surface area (TPSA) is 50.2 Å². The van der Waals surface area contributed by atoms with Gasteiger partial charge >= 0.3 is 0 Å². The van der Waals surface area contributed by atoms with Crippen LogP contribution in [0.3, 0.4) is 0 Å². The van der Waals surface area contributed by atoms with E-state index in [0.29, 0.717) is 5.56 Å². The Morgan fingerprint density at radius 1 is 1.19 bits per heavy atom. The maximum atomic E-state index is 12.5. The van der Waals surface area contributed by atoms with E-state index in [1.165, 1.54) is 0 Å². The van der Waals surface area contributed by atoms with Crippen molar-refractivity contribution in [1.82, 2.24) is 9.55 Å². The van der Waals surface area contributed by atoms with Gasteiger partial charge in [-0.2, -0.15) is 0 Å². The first kappa shape index (κ1) is 16.7. The van der Waals surface area contributed by atoms with E-state index in [1.807, 2.05) is 67.5 Å². The Bertz CT molecular complexity index is 925. The van der Waals surface area contributed by atoms with Gasteiger partial charge in [0, 0.05) is 55.1 Å². The number of rotatable bonds is 4. The number of hydrogen-bond donors (Lipinski definition) is 1. The van der Waals surface area contributed by atoms with Crippen LogP contribution in [-0.4, -0.2) is 35.3 Å². The number of aryl methyl sites for hydroxylation is 1. The summed E-state index contributed by atoms with van der Waals surface area (Å²) < 4.78 is 2.19. The highest BCUT2D eigenvalue weighted by Crippen LogP contribution is 2.29. The third-order valence-electron chi connectivity index (χ3n) is 4.37. The van der Waals surface area contributed by atoms with Gasteiger partial charge in [0.1, 0.15) is 0 Å². The number of aromatic nitrogens is 2. The molecule has 1 aliphatic heterocycles. The number of hydrogen-bond acceptors (Lipinski definition) is 4. The fourth-order valence-corrected chi connectivity index (χ4v) is 3.84. The van der Waals surface area contributed by atoms with Crippen LogP contribution in [0.25, 0.3) is 11.3 Å². The smallest absolute Gasteiger partial charge is 0.255 e. The van der Waals surface area contributed by atoms with Crippen LogP contribution in [-0.2, 0) is 6.54 Å². The zero-order valence-corrected chi connectivity index (χ0v) is 15.6. The van der Waals surface area contributed by atoms with Crippen LogP contribution in [0.5, 0.6) is 0 Å².